The summed E-state index contributed by atoms with van der Waals surface area (Å²) in [6.07, 6.45) is 0. The second kappa shape index (κ2) is 3.21. The van der Waals surface area contributed by atoms with E-state index in [1.54, 1.807) is 0 Å². The van der Waals surface area contributed by atoms with Gasteiger partial charge >= 0.3 is 6.03 Å². The van der Waals surface area contributed by atoms with E-state index >= 15 is 0 Å². The Bertz CT molecular complexity index is 332. The Morgan fingerprint density at radius 1 is 1.23 bits per heavy atom. The van der Waals surface area contributed by atoms with Crippen molar-refractivity contribution < 1.29 is 18.0 Å². The third-order valence-corrected chi connectivity index (χ3v) is 3.51. The Morgan fingerprint density at radius 2 is 1.62 bits per heavy atom. The lowest BCUT2D eigenvalue weighted by molar-refractivity contribution is -0.119. The van der Waals surface area contributed by atoms with Crippen LogP contribution < -0.4 is 16.2 Å². The molecule has 0 rings (SSSR count). The standard InChI is InChI=1S/C5H11N3O4S/c1-5(2,3(6)9)13(11,12)8-4(7)10/h1-2H3,(H2,6,9)(H3,7,8,10). The number of sulfonamides is 1. The minimum Gasteiger partial charge on any atom is -0.368 e. The number of carbonyl (C=O) groups is 2. The average Bonchev–Trinajstić information content (AvgIpc) is 1.83. The van der Waals surface area contributed by atoms with Crippen LogP contribution in [0.2, 0.25) is 0 Å². The summed E-state index contributed by atoms with van der Waals surface area (Å²) in [7, 11) is -4.16. The molecular formula is C5H11N3O4S. The minimum absolute atomic E-state index is 1.07. The zero-order valence-corrected chi connectivity index (χ0v) is 8.01. The molecule has 13 heavy (non-hydrogen) atoms. The number of nitrogens with one attached hydrogen (secondary N) is 1. The smallest absolute Gasteiger partial charge is 0.325 e. The SMILES string of the molecule is CC(C)(C(N)=O)S(=O)(=O)NC(N)=O. The molecule has 0 saturated heterocycles. The number of carbonyl (C=O) groups excluding carboxylic acids is 2. The molecule has 0 spiro atoms. The molecule has 8 heteroatoms. The maximum absolute atomic E-state index is 11.2. The molecule has 0 unspecified atom stereocenters. The van der Waals surface area contributed by atoms with Gasteiger partial charge in [-0.1, -0.05) is 0 Å². The number of amides is 3. The molecule has 0 aromatic rings. The lowest BCUT2D eigenvalue weighted by Gasteiger charge is -2.19. The van der Waals surface area contributed by atoms with Crippen LogP contribution in [0, 0.1) is 0 Å². The summed E-state index contributed by atoms with van der Waals surface area (Å²) in [4.78, 5) is 21.0. The van der Waals surface area contributed by atoms with Crippen molar-refractivity contribution in [1.29, 1.82) is 0 Å². The summed E-state index contributed by atoms with van der Waals surface area (Å²) in [5.41, 5.74) is 9.42. The van der Waals surface area contributed by atoms with Crippen molar-refractivity contribution in [3.8, 4) is 0 Å². The summed E-state index contributed by atoms with van der Waals surface area (Å²) in [6.45, 7) is 2.14. The van der Waals surface area contributed by atoms with E-state index in [4.69, 9.17) is 5.73 Å². The highest BCUT2D eigenvalue weighted by Gasteiger charge is 2.40. The monoisotopic (exact) mass is 209 g/mol. The van der Waals surface area contributed by atoms with Crippen molar-refractivity contribution >= 4 is 22.0 Å². The van der Waals surface area contributed by atoms with Crippen molar-refractivity contribution in [3.05, 3.63) is 0 Å². The zero-order valence-electron chi connectivity index (χ0n) is 7.20. The fourth-order valence-electron chi connectivity index (χ4n) is 0.392. The van der Waals surface area contributed by atoms with E-state index in [1.807, 2.05) is 0 Å². The Balaban J connectivity index is 5.06. The van der Waals surface area contributed by atoms with Gasteiger partial charge in [0.15, 0.2) is 4.75 Å². The van der Waals surface area contributed by atoms with Gasteiger partial charge in [0.1, 0.15) is 0 Å². The molecule has 0 aromatic heterocycles. The first-order valence-electron chi connectivity index (χ1n) is 3.23. The molecular weight excluding hydrogens is 198 g/mol. The molecule has 0 aromatic carbocycles. The molecule has 7 nitrogen and oxygen atoms in total. The fraction of sp³-hybridized carbons (Fsp3) is 0.600. The highest BCUT2D eigenvalue weighted by atomic mass is 32.2. The number of rotatable bonds is 3. The van der Waals surface area contributed by atoms with Gasteiger partial charge in [-0.15, -0.1) is 0 Å². The molecule has 0 fully saturated rings. The highest BCUT2D eigenvalue weighted by molar-refractivity contribution is 7.92. The van der Waals surface area contributed by atoms with Crippen LogP contribution in [0.15, 0.2) is 0 Å². The Kier molecular flexibility index (Phi) is 2.88. The lowest BCUT2D eigenvalue weighted by Crippen LogP contribution is -2.53. The van der Waals surface area contributed by atoms with E-state index in [0.717, 1.165) is 13.8 Å². The van der Waals surface area contributed by atoms with Crippen molar-refractivity contribution in [2.75, 3.05) is 0 Å². The average molecular weight is 209 g/mol. The van der Waals surface area contributed by atoms with Gasteiger partial charge in [0.25, 0.3) is 10.0 Å². The second-order valence-corrected chi connectivity index (χ2v) is 5.08. The topological polar surface area (TPSA) is 132 Å². The molecule has 0 saturated carbocycles. The van der Waals surface area contributed by atoms with Crippen LogP contribution >= 0.6 is 0 Å². The van der Waals surface area contributed by atoms with Gasteiger partial charge in [-0.2, -0.15) is 0 Å². The number of urea groups is 1. The van der Waals surface area contributed by atoms with Gasteiger partial charge in [0.05, 0.1) is 0 Å². The molecule has 0 bridgehead atoms. The van der Waals surface area contributed by atoms with Crippen LogP contribution in [0.25, 0.3) is 0 Å². The first kappa shape index (κ1) is 11.7. The van der Waals surface area contributed by atoms with Crippen LogP contribution in [-0.4, -0.2) is 25.1 Å². The Morgan fingerprint density at radius 3 is 1.85 bits per heavy atom. The largest absolute Gasteiger partial charge is 0.368 e. The van der Waals surface area contributed by atoms with Gasteiger partial charge in [-0.3, -0.25) is 4.79 Å². The summed E-state index contributed by atoms with van der Waals surface area (Å²) in [5.74, 6) is -1.07. The van der Waals surface area contributed by atoms with Crippen LogP contribution in [-0.2, 0) is 14.8 Å². The zero-order chi connectivity index (χ0) is 10.9. The predicted molar refractivity (Wildman–Crippen MR) is 44.9 cm³/mol. The van der Waals surface area contributed by atoms with E-state index in [2.05, 4.69) is 5.73 Å². The van der Waals surface area contributed by atoms with Crippen molar-refractivity contribution in [2.24, 2.45) is 11.5 Å². The normalized spacial score (nSPS) is 12.2. The third kappa shape index (κ3) is 2.31. The molecule has 3 amide bonds. The van der Waals surface area contributed by atoms with Crippen molar-refractivity contribution in [2.45, 2.75) is 18.6 Å². The number of nitrogens with two attached hydrogens (primary N) is 2. The molecule has 76 valence electrons. The van der Waals surface area contributed by atoms with E-state index < -0.39 is 26.7 Å². The van der Waals surface area contributed by atoms with E-state index in [1.165, 1.54) is 4.72 Å². The summed E-state index contributed by atoms with van der Waals surface area (Å²) in [5, 5.41) is 0. The third-order valence-electron chi connectivity index (χ3n) is 1.50. The van der Waals surface area contributed by atoms with E-state index in [-0.39, 0.29) is 0 Å². The van der Waals surface area contributed by atoms with Gasteiger partial charge in [-0.05, 0) is 13.8 Å². The molecule has 0 radical (unpaired) electrons. The van der Waals surface area contributed by atoms with Crippen LogP contribution in [0.4, 0.5) is 4.79 Å². The van der Waals surface area contributed by atoms with Crippen molar-refractivity contribution in [3.63, 3.8) is 0 Å². The molecule has 0 atom stereocenters. The first-order valence-corrected chi connectivity index (χ1v) is 4.71. The van der Waals surface area contributed by atoms with Crippen LogP contribution in [0.5, 0.6) is 0 Å². The lowest BCUT2D eigenvalue weighted by atomic mass is 10.2. The van der Waals surface area contributed by atoms with Crippen LogP contribution in [0.3, 0.4) is 0 Å². The molecule has 0 aliphatic heterocycles. The number of hydrogen-bond donors (Lipinski definition) is 3. The Labute approximate surface area is 75.5 Å². The maximum atomic E-state index is 11.2. The quantitative estimate of drug-likeness (QED) is 0.508. The second-order valence-electron chi connectivity index (χ2n) is 2.84. The predicted octanol–water partition coefficient (Wildman–Crippen LogP) is -1.75. The summed E-state index contributed by atoms with van der Waals surface area (Å²) < 4.78 is 22.0. The first-order chi connectivity index (χ1) is 5.61. The van der Waals surface area contributed by atoms with Gasteiger partial charge in [0.2, 0.25) is 5.91 Å². The minimum atomic E-state index is -4.16. The molecule has 5 N–H and O–H groups in total. The van der Waals surface area contributed by atoms with Crippen LogP contribution in [0.1, 0.15) is 13.8 Å². The van der Waals surface area contributed by atoms with Gasteiger partial charge in [0, 0.05) is 0 Å². The molecule has 0 aliphatic rings. The van der Waals surface area contributed by atoms with Crippen molar-refractivity contribution in [1.82, 2.24) is 4.72 Å². The fourth-order valence-corrected chi connectivity index (χ4v) is 1.18. The van der Waals surface area contributed by atoms with E-state index in [0.29, 0.717) is 0 Å². The number of primary amides is 2. The summed E-state index contributed by atoms with van der Waals surface area (Å²) >= 11 is 0. The van der Waals surface area contributed by atoms with Gasteiger partial charge in [-0.25, -0.2) is 17.9 Å². The Hall–Kier alpha value is -1.31. The maximum Gasteiger partial charge on any atom is 0.325 e. The summed E-state index contributed by atoms with van der Waals surface area (Å²) in [6, 6.07) is -1.26. The highest BCUT2D eigenvalue weighted by Crippen LogP contribution is 2.13. The molecule has 0 heterocycles. The molecule has 0 aliphatic carbocycles. The van der Waals surface area contributed by atoms with E-state index in [9.17, 15) is 18.0 Å². The van der Waals surface area contributed by atoms with Gasteiger partial charge < -0.3 is 11.5 Å². The number of hydrogen-bond acceptors (Lipinski definition) is 4.